The van der Waals surface area contributed by atoms with Gasteiger partial charge in [-0.3, -0.25) is 9.79 Å². The van der Waals surface area contributed by atoms with Crippen molar-refractivity contribution < 1.29 is 14.3 Å². The Morgan fingerprint density at radius 3 is 2.62 bits per heavy atom. The Hall–Kier alpha value is -2.56. The molecular formula is C24H30N2O3. The third kappa shape index (κ3) is 3.59. The van der Waals surface area contributed by atoms with Crippen LogP contribution < -0.4 is 9.47 Å². The second-order valence-electron chi connectivity index (χ2n) is 9.14. The predicted octanol–water partition coefficient (Wildman–Crippen LogP) is 5.23. The maximum absolute atomic E-state index is 13.1. The van der Waals surface area contributed by atoms with Crippen molar-refractivity contribution in [3.8, 4) is 11.5 Å². The van der Waals surface area contributed by atoms with Crippen LogP contribution in [0.4, 0.5) is 5.69 Å². The molecule has 0 spiro atoms. The van der Waals surface area contributed by atoms with Gasteiger partial charge in [-0.25, -0.2) is 0 Å². The summed E-state index contributed by atoms with van der Waals surface area (Å²) in [6, 6.07) is 7.99. The quantitative estimate of drug-likeness (QED) is 0.698. The van der Waals surface area contributed by atoms with Gasteiger partial charge in [0.1, 0.15) is 0 Å². The Balaban J connectivity index is 1.74. The molecule has 0 bridgehead atoms. The second kappa shape index (κ2) is 7.36. The third-order valence-electron chi connectivity index (χ3n) is 6.58. The van der Waals surface area contributed by atoms with Gasteiger partial charge in [0.25, 0.3) is 5.91 Å². The standard InChI is InChI=1S/C24H30N2O3/c1-15(2)24(3,4)14-29-22-12-16-9-19-20(10-17(16)11-21(22)28-5)25-13-18-7-6-8-26(18)23(19)27/h9-13,15,18H,6-8,14H2,1-5H3. The van der Waals surface area contributed by atoms with Crippen LogP contribution in [-0.4, -0.2) is 43.3 Å². The van der Waals surface area contributed by atoms with Crippen LogP contribution in [-0.2, 0) is 0 Å². The predicted molar refractivity (Wildman–Crippen MR) is 117 cm³/mol. The van der Waals surface area contributed by atoms with Crippen molar-refractivity contribution >= 4 is 28.6 Å². The second-order valence-corrected chi connectivity index (χ2v) is 9.14. The van der Waals surface area contributed by atoms with Gasteiger partial charge in [0, 0.05) is 18.2 Å². The Bertz CT molecular complexity index is 978. The molecule has 2 aromatic carbocycles. The number of carbonyl (C=O) groups is 1. The van der Waals surface area contributed by atoms with Crippen LogP contribution in [0, 0.1) is 11.3 Å². The molecule has 0 N–H and O–H groups in total. The minimum Gasteiger partial charge on any atom is -0.493 e. The number of fused-ring (bicyclic) bond motifs is 3. The molecule has 2 aromatic rings. The average Bonchev–Trinajstić information content (AvgIpc) is 3.12. The van der Waals surface area contributed by atoms with Gasteiger partial charge in [0.2, 0.25) is 0 Å². The summed E-state index contributed by atoms with van der Waals surface area (Å²) in [6.45, 7) is 10.2. The fraction of sp³-hybridized carbons (Fsp3) is 0.500. The summed E-state index contributed by atoms with van der Waals surface area (Å²) in [4.78, 5) is 19.7. The normalized spacial score (nSPS) is 18.8. The zero-order chi connectivity index (χ0) is 20.8. The fourth-order valence-corrected chi connectivity index (χ4v) is 3.80. The first-order chi connectivity index (χ1) is 13.8. The number of rotatable bonds is 5. The number of nitrogens with zero attached hydrogens (tertiary/aromatic N) is 2. The summed E-state index contributed by atoms with van der Waals surface area (Å²) in [5.74, 6) is 1.97. The lowest BCUT2D eigenvalue weighted by Gasteiger charge is -2.29. The number of aliphatic imine (C=N–C) groups is 1. The summed E-state index contributed by atoms with van der Waals surface area (Å²) >= 11 is 0. The average molecular weight is 395 g/mol. The summed E-state index contributed by atoms with van der Waals surface area (Å²) in [5.41, 5.74) is 1.44. The number of amides is 1. The van der Waals surface area contributed by atoms with Crippen molar-refractivity contribution in [2.75, 3.05) is 20.3 Å². The van der Waals surface area contributed by atoms with Crippen LogP contribution >= 0.6 is 0 Å². The first-order valence-electron chi connectivity index (χ1n) is 10.4. The highest BCUT2D eigenvalue weighted by Crippen LogP contribution is 2.38. The number of hydrogen-bond donors (Lipinski definition) is 0. The van der Waals surface area contributed by atoms with Crippen LogP contribution in [0.15, 0.2) is 29.3 Å². The monoisotopic (exact) mass is 394 g/mol. The molecule has 1 amide bonds. The van der Waals surface area contributed by atoms with Gasteiger partial charge in [-0.15, -0.1) is 0 Å². The van der Waals surface area contributed by atoms with Gasteiger partial charge >= 0.3 is 0 Å². The molecule has 154 valence electrons. The SMILES string of the molecule is COc1cc2cc3c(cc2cc1OCC(C)(C)C(C)C)C(=O)N1CCCC1C=N3. The molecule has 2 heterocycles. The van der Waals surface area contributed by atoms with E-state index < -0.39 is 0 Å². The summed E-state index contributed by atoms with van der Waals surface area (Å²) in [7, 11) is 1.65. The molecular weight excluding hydrogens is 364 g/mol. The summed E-state index contributed by atoms with van der Waals surface area (Å²) < 4.78 is 11.8. The van der Waals surface area contributed by atoms with E-state index in [1.165, 1.54) is 0 Å². The maximum Gasteiger partial charge on any atom is 0.256 e. The molecule has 29 heavy (non-hydrogen) atoms. The number of hydrogen-bond acceptors (Lipinski definition) is 4. The van der Waals surface area contributed by atoms with E-state index in [4.69, 9.17) is 9.47 Å². The Kier molecular flexibility index (Phi) is 5.01. The van der Waals surface area contributed by atoms with Crippen molar-refractivity contribution in [2.24, 2.45) is 16.3 Å². The molecule has 0 radical (unpaired) electrons. The molecule has 1 fully saturated rings. The zero-order valence-corrected chi connectivity index (χ0v) is 18.0. The Morgan fingerprint density at radius 2 is 1.90 bits per heavy atom. The number of ether oxygens (including phenoxy) is 2. The molecule has 0 aromatic heterocycles. The van der Waals surface area contributed by atoms with Gasteiger partial charge in [-0.2, -0.15) is 0 Å². The van der Waals surface area contributed by atoms with E-state index in [9.17, 15) is 4.79 Å². The number of carbonyl (C=O) groups excluding carboxylic acids is 1. The van der Waals surface area contributed by atoms with Crippen LogP contribution in [0.2, 0.25) is 0 Å². The first-order valence-corrected chi connectivity index (χ1v) is 10.4. The minimum atomic E-state index is 0.0448. The highest BCUT2D eigenvalue weighted by Gasteiger charge is 2.32. The molecule has 1 saturated heterocycles. The summed E-state index contributed by atoms with van der Waals surface area (Å²) in [6.07, 6.45) is 3.94. The molecule has 1 atom stereocenters. The van der Waals surface area contributed by atoms with Crippen LogP contribution in [0.3, 0.4) is 0 Å². The van der Waals surface area contributed by atoms with Gasteiger partial charge in [-0.1, -0.05) is 27.7 Å². The molecule has 0 saturated carbocycles. The van der Waals surface area contributed by atoms with Crippen molar-refractivity contribution in [3.63, 3.8) is 0 Å². The van der Waals surface area contributed by atoms with Gasteiger partial charge in [-0.05, 0) is 53.8 Å². The highest BCUT2D eigenvalue weighted by atomic mass is 16.5. The van der Waals surface area contributed by atoms with Crippen LogP contribution in [0.1, 0.15) is 50.9 Å². The van der Waals surface area contributed by atoms with E-state index in [2.05, 4.69) is 32.7 Å². The van der Waals surface area contributed by atoms with E-state index >= 15 is 0 Å². The fourth-order valence-electron chi connectivity index (χ4n) is 3.80. The van der Waals surface area contributed by atoms with Crippen molar-refractivity contribution in [3.05, 3.63) is 29.8 Å². The number of benzene rings is 2. The first kappa shape index (κ1) is 19.7. The largest absolute Gasteiger partial charge is 0.493 e. The molecule has 4 rings (SSSR count). The van der Waals surface area contributed by atoms with E-state index in [0.717, 1.165) is 35.8 Å². The lowest BCUT2D eigenvalue weighted by atomic mass is 9.82. The topological polar surface area (TPSA) is 51.1 Å². The van der Waals surface area contributed by atoms with E-state index in [-0.39, 0.29) is 17.4 Å². The van der Waals surface area contributed by atoms with Gasteiger partial charge < -0.3 is 14.4 Å². The lowest BCUT2D eigenvalue weighted by Crippen LogP contribution is -2.35. The van der Waals surface area contributed by atoms with E-state index in [1.807, 2.05) is 35.4 Å². The molecule has 2 aliphatic heterocycles. The zero-order valence-electron chi connectivity index (χ0n) is 18.0. The molecule has 0 aliphatic carbocycles. The number of methoxy groups -OCH3 is 1. The van der Waals surface area contributed by atoms with Gasteiger partial charge in [0.15, 0.2) is 11.5 Å². The van der Waals surface area contributed by atoms with Crippen molar-refractivity contribution in [2.45, 2.75) is 46.6 Å². The Morgan fingerprint density at radius 1 is 1.17 bits per heavy atom. The third-order valence-corrected chi connectivity index (χ3v) is 6.58. The van der Waals surface area contributed by atoms with Crippen molar-refractivity contribution in [1.82, 2.24) is 4.90 Å². The van der Waals surface area contributed by atoms with Gasteiger partial charge in [0.05, 0.1) is 31.0 Å². The van der Waals surface area contributed by atoms with Crippen LogP contribution in [0.25, 0.3) is 10.8 Å². The Labute approximate surface area is 172 Å². The smallest absolute Gasteiger partial charge is 0.256 e. The highest BCUT2D eigenvalue weighted by molar-refractivity contribution is 6.07. The molecule has 5 heteroatoms. The lowest BCUT2D eigenvalue weighted by molar-refractivity contribution is 0.0775. The minimum absolute atomic E-state index is 0.0448. The van der Waals surface area contributed by atoms with Crippen molar-refractivity contribution in [1.29, 1.82) is 0 Å². The molecule has 2 aliphatic rings. The summed E-state index contributed by atoms with van der Waals surface area (Å²) in [5, 5.41) is 1.95. The van der Waals surface area contributed by atoms with Crippen LogP contribution in [0.5, 0.6) is 11.5 Å². The molecule has 1 unspecified atom stereocenters. The van der Waals surface area contributed by atoms with E-state index in [1.54, 1.807) is 7.11 Å². The molecule has 5 nitrogen and oxygen atoms in total. The van der Waals surface area contributed by atoms with E-state index in [0.29, 0.717) is 29.6 Å². The maximum atomic E-state index is 13.1.